The summed E-state index contributed by atoms with van der Waals surface area (Å²) in [5, 5.41) is 0. The van der Waals surface area contributed by atoms with E-state index in [9.17, 15) is 14.4 Å². The molecular weight excluding hydrogens is 472 g/mol. The highest BCUT2D eigenvalue weighted by Crippen LogP contribution is 2.33. The lowest BCUT2D eigenvalue weighted by Gasteiger charge is -2.42. The molecule has 1 saturated carbocycles. The molecule has 2 fully saturated rings. The number of amides is 2. The number of carbonyl (C=O) groups excluding carboxylic acids is 3. The molecule has 0 bridgehead atoms. The number of piperidine rings is 1. The van der Waals surface area contributed by atoms with Gasteiger partial charge in [-0.2, -0.15) is 0 Å². The molecule has 0 unspecified atom stereocenters. The molecule has 9 nitrogen and oxygen atoms in total. The quantitative estimate of drug-likeness (QED) is 0.512. The number of aromatic nitrogens is 2. The number of methoxy groups -OCH3 is 1. The van der Waals surface area contributed by atoms with Crippen LogP contribution in [-0.2, 0) is 20.8 Å². The van der Waals surface area contributed by atoms with Gasteiger partial charge >= 0.3 is 12.1 Å². The van der Waals surface area contributed by atoms with E-state index in [0.29, 0.717) is 24.7 Å². The first-order chi connectivity index (χ1) is 17.5. The predicted molar refractivity (Wildman–Crippen MR) is 140 cm³/mol. The van der Waals surface area contributed by atoms with Crippen molar-refractivity contribution in [1.29, 1.82) is 0 Å². The van der Waals surface area contributed by atoms with Gasteiger partial charge in [-0.05, 0) is 64.0 Å². The molecule has 1 aromatic heterocycles. The Labute approximate surface area is 219 Å². The van der Waals surface area contributed by atoms with Crippen molar-refractivity contribution in [3.63, 3.8) is 0 Å². The number of carbonyl (C=O) groups is 3. The van der Waals surface area contributed by atoms with Crippen LogP contribution in [0.15, 0.2) is 24.3 Å². The monoisotopic (exact) mass is 512 g/mol. The van der Waals surface area contributed by atoms with Crippen LogP contribution < -0.4 is 0 Å². The Morgan fingerprint density at radius 1 is 1.14 bits per heavy atom. The van der Waals surface area contributed by atoms with Crippen molar-refractivity contribution in [2.75, 3.05) is 26.7 Å². The van der Waals surface area contributed by atoms with E-state index in [4.69, 9.17) is 14.5 Å². The first-order valence-corrected chi connectivity index (χ1v) is 13.3. The number of rotatable bonds is 7. The smallest absolute Gasteiger partial charge is 0.410 e. The summed E-state index contributed by atoms with van der Waals surface area (Å²) in [4.78, 5) is 48.0. The molecule has 4 rings (SSSR count). The van der Waals surface area contributed by atoms with Gasteiger partial charge in [0.05, 0.1) is 30.1 Å². The third-order valence-electron chi connectivity index (χ3n) is 6.86. The molecule has 1 aliphatic heterocycles. The zero-order valence-corrected chi connectivity index (χ0v) is 22.9. The Morgan fingerprint density at radius 2 is 1.84 bits per heavy atom. The van der Waals surface area contributed by atoms with Gasteiger partial charge in [-0.15, -0.1) is 0 Å². The second kappa shape index (κ2) is 10.7. The third-order valence-corrected chi connectivity index (χ3v) is 6.86. The maximum Gasteiger partial charge on any atom is 0.410 e. The minimum atomic E-state index is -0.675. The molecule has 1 aliphatic carbocycles. The highest BCUT2D eigenvalue weighted by molar-refractivity contribution is 5.95. The summed E-state index contributed by atoms with van der Waals surface area (Å²) >= 11 is 0. The molecule has 2 heterocycles. The fourth-order valence-electron chi connectivity index (χ4n) is 5.01. The predicted octanol–water partition coefficient (Wildman–Crippen LogP) is 4.34. The van der Waals surface area contributed by atoms with E-state index in [2.05, 4.69) is 18.4 Å². The van der Waals surface area contributed by atoms with Crippen LogP contribution >= 0.6 is 0 Å². The summed E-state index contributed by atoms with van der Waals surface area (Å²) in [6.45, 7) is 11.3. The summed E-state index contributed by atoms with van der Waals surface area (Å²) in [5.41, 5.74) is 1.07. The van der Waals surface area contributed by atoms with Gasteiger partial charge in [0.15, 0.2) is 5.82 Å². The van der Waals surface area contributed by atoms with Crippen molar-refractivity contribution in [3.05, 3.63) is 30.1 Å². The Hall–Kier alpha value is -3.10. The van der Waals surface area contributed by atoms with Crippen molar-refractivity contribution in [3.8, 4) is 0 Å². The van der Waals surface area contributed by atoms with Crippen LogP contribution in [0.1, 0.15) is 64.5 Å². The maximum atomic E-state index is 14.2. The second-order valence-corrected chi connectivity index (χ2v) is 11.8. The van der Waals surface area contributed by atoms with Gasteiger partial charge in [0.25, 0.3) is 5.91 Å². The molecule has 0 spiro atoms. The summed E-state index contributed by atoms with van der Waals surface area (Å²) in [5.74, 6) is 0.0330. The third kappa shape index (κ3) is 6.43. The highest BCUT2D eigenvalue weighted by Gasteiger charge is 2.41. The van der Waals surface area contributed by atoms with E-state index < -0.39 is 23.6 Å². The summed E-state index contributed by atoms with van der Waals surface area (Å²) < 4.78 is 12.7. The topological polar surface area (TPSA) is 94.0 Å². The number of likely N-dealkylation sites (tertiary alicyclic amines) is 1. The molecule has 202 valence electrons. The molecule has 0 N–H and O–H groups in total. The Balaban J connectivity index is 1.69. The maximum absolute atomic E-state index is 14.2. The average Bonchev–Trinajstić information content (AvgIpc) is 3.59. The van der Waals surface area contributed by atoms with Crippen molar-refractivity contribution in [2.45, 2.75) is 72.1 Å². The van der Waals surface area contributed by atoms with E-state index in [-0.39, 0.29) is 31.0 Å². The number of para-hydroxylation sites is 2. The molecule has 1 aromatic carbocycles. The van der Waals surface area contributed by atoms with E-state index in [1.807, 2.05) is 49.9 Å². The van der Waals surface area contributed by atoms with Crippen LogP contribution in [0.25, 0.3) is 11.0 Å². The van der Waals surface area contributed by atoms with Gasteiger partial charge in [0.1, 0.15) is 5.60 Å². The molecule has 37 heavy (non-hydrogen) atoms. The van der Waals surface area contributed by atoms with Gasteiger partial charge in [-0.25, -0.2) is 9.78 Å². The number of nitrogens with zero attached hydrogens (tertiary/aromatic N) is 4. The number of ether oxygens (including phenoxy) is 2. The summed E-state index contributed by atoms with van der Waals surface area (Å²) in [6.07, 6.45) is 2.23. The fourth-order valence-corrected chi connectivity index (χ4v) is 5.01. The fraction of sp³-hybridized carbons (Fsp3) is 0.643. The molecule has 9 heteroatoms. The average molecular weight is 513 g/mol. The molecular formula is C28H40N4O5. The zero-order chi connectivity index (χ0) is 26.9. The number of hydrogen-bond donors (Lipinski definition) is 0. The molecule has 2 aromatic rings. The van der Waals surface area contributed by atoms with E-state index in [0.717, 1.165) is 30.4 Å². The van der Waals surface area contributed by atoms with E-state index in [1.54, 1.807) is 0 Å². The van der Waals surface area contributed by atoms with E-state index >= 15 is 0 Å². The van der Waals surface area contributed by atoms with Crippen LogP contribution in [0, 0.1) is 17.8 Å². The minimum Gasteiger partial charge on any atom is -0.469 e. The van der Waals surface area contributed by atoms with Crippen molar-refractivity contribution < 1.29 is 23.9 Å². The van der Waals surface area contributed by atoms with Crippen LogP contribution in [-0.4, -0.2) is 75.7 Å². The first kappa shape index (κ1) is 26.9. The molecule has 2 atom stereocenters. The van der Waals surface area contributed by atoms with Crippen molar-refractivity contribution in [2.24, 2.45) is 17.8 Å². The van der Waals surface area contributed by atoms with Gasteiger partial charge in [0, 0.05) is 26.2 Å². The van der Waals surface area contributed by atoms with Gasteiger partial charge in [-0.3, -0.25) is 9.59 Å². The lowest BCUT2D eigenvalue weighted by atomic mass is 9.92. The minimum absolute atomic E-state index is 0.176. The number of benzene rings is 1. The second-order valence-electron chi connectivity index (χ2n) is 11.8. The molecule has 0 radical (unpaired) electrons. The normalized spacial score (nSPS) is 20.2. The van der Waals surface area contributed by atoms with Crippen LogP contribution in [0.4, 0.5) is 4.79 Å². The lowest BCUT2D eigenvalue weighted by molar-refractivity contribution is -0.148. The number of esters is 1. The first-order valence-electron chi connectivity index (χ1n) is 13.3. The van der Waals surface area contributed by atoms with Gasteiger partial charge < -0.3 is 23.8 Å². The van der Waals surface area contributed by atoms with Gasteiger partial charge in [-0.1, -0.05) is 26.0 Å². The number of fused-ring (bicyclic) bond motifs is 1. The Kier molecular flexibility index (Phi) is 7.80. The van der Waals surface area contributed by atoms with Crippen LogP contribution in [0.2, 0.25) is 0 Å². The van der Waals surface area contributed by atoms with E-state index in [1.165, 1.54) is 12.0 Å². The summed E-state index contributed by atoms with van der Waals surface area (Å²) in [6, 6.07) is 7.45. The van der Waals surface area contributed by atoms with Crippen LogP contribution in [0.5, 0.6) is 0 Å². The highest BCUT2D eigenvalue weighted by atomic mass is 16.6. The standard InChI is InChI=1S/C28H40N4O5/c1-18(2)14-31(21-13-20(26(34)36-6)16-30(17-21)27(35)37-28(3,4)5)25(33)24-29-22-9-7-8-10-23(22)32(24)15-19-11-12-19/h7-10,18-21H,11-17H2,1-6H3/t20-,21+/m1/s1. The molecule has 1 saturated heterocycles. The summed E-state index contributed by atoms with van der Waals surface area (Å²) in [7, 11) is 1.35. The number of imidazole rings is 1. The van der Waals surface area contributed by atoms with Crippen molar-refractivity contribution >= 4 is 29.0 Å². The van der Waals surface area contributed by atoms with Crippen LogP contribution in [0.3, 0.4) is 0 Å². The Morgan fingerprint density at radius 3 is 2.46 bits per heavy atom. The van der Waals surface area contributed by atoms with Crippen molar-refractivity contribution in [1.82, 2.24) is 19.4 Å². The SMILES string of the molecule is COC(=O)[C@@H]1C[C@H](N(CC(C)C)C(=O)c2nc3ccccc3n2CC2CC2)CN(C(=O)OC(C)(C)C)C1. The molecule has 2 aliphatic rings. The molecule has 2 amide bonds. The zero-order valence-electron chi connectivity index (χ0n) is 22.9. The Bertz CT molecular complexity index is 1150. The van der Waals surface area contributed by atoms with Gasteiger partial charge in [0.2, 0.25) is 0 Å². The lowest BCUT2D eigenvalue weighted by Crippen LogP contribution is -2.57. The number of hydrogen-bond acceptors (Lipinski definition) is 6. The largest absolute Gasteiger partial charge is 0.469 e.